The minimum Gasteiger partial charge on any atom is -0.462 e. The van der Waals surface area contributed by atoms with E-state index in [0.29, 0.717) is 42.2 Å². The molecule has 0 atom stereocenters. The summed E-state index contributed by atoms with van der Waals surface area (Å²) in [6, 6.07) is 13.4. The topological polar surface area (TPSA) is 146 Å². The standard InChI is InChI=1S/C26H28ClN3O6.C5H10O2/c1-26(2,3)36-25(33)30-24(28-4)29-12-11-16-5-8-19(9-6-16)34-22(31)20-14-18-13-17(15-27)7-10-21(18)35-23(20)32;1-5(2,3)7-4-6/h5-10,13-14H,11-12,15H2,1-4H3,(H2,28,29,30,33);4H,1-3H3. The molecule has 0 aliphatic carbocycles. The highest BCUT2D eigenvalue weighted by Crippen LogP contribution is 2.19. The number of carbonyl (C=O) groups is 3. The van der Waals surface area contributed by atoms with E-state index in [0.717, 1.165) is 11.1 Å². The number of alkyl halides is 1. The van der Waals surface area contributed by atoms with Gasteiger partial charge in [0.05, 0.1) is 0 Å². The smallest absolute Gasteiger partial charge is 0.414 e. The molecule has 3 rings (SSSR count). The molecular weight excluding hydrogens is 578 g/mol. The number of aliphatic imine (C=N–C) groups is 1. The molecule has 0 spiro atoms. The highest BCUT2D eigenvalue weighted by Gasteiger charge is 2.18. The largest absolute Gasteiger partial charge is 0.462 e. The first kappa shape index (κ1) is 34.8. The zero-order chi connectivity index (χ0) is 32.2. The van der Waals surface area contributed by atoms with E-state index in [2.05, 4.69) is 20.4 Å². The fraction of sp³-hybridized carbons (Fsp3) is 0.387. The Morgan fingerprint density at radius 1 is 0.977 bits per heavy atom. The number of esters is 1. The summed E-state index contributed by atoms with van der Waals surface area (Å²) in [6.07, 6.45) is 0.0159. The number of guanidine groups is 1. The number of fused-ring (bicyclic) bond motifs is 1. The van der Waals surface area contributed by atoms with Gasteiger partial charge in [-0.15, -0.1) is 11.6 Å². The van der Waals surface area contributed by atoms with Gasteiger partial charge in [0.15, 0.2) is 0 Å². The lowest BCUT2D eigenvalue weighted by Crippen LogP contribution is -2.44. The summed E-state index contributed by atoms with van der Waals surface area (Å²) in [4.78, 5) is 50.3. The van der Waals surface area contributed by atoms with Crippen molar-refractivity contribution in [2.75, 3.05) is 13.6 Å². The summed E-state index contributed by atoms with van der Waals surface area (Å²) in [5.74, 6) is 0.0624. The van der Waals surface area contributed by atoms with E-state index in [1.54, 1.807) is 70.3 Å². The van der Waals surface area contributed by atoms with Crippen LogP contribution in [-0.4, -0.2) is 49.3 Å². The summed E-state index contributed by atoms with van der Waals surface area (Å²) in [7, 11) is 1.55. The lowest BCUT2D eigenvalue weighted by atomic mass is 10.1. The molecule has 3 aromatic rings. The first-order valence-corrected chi connectivity index (χ1v) is 13.9. The van der Waals surface area contributed by atoms with Crippen LogP contribution >= 0.6 is 11.6 Å². The van der Waals surface area contributed by atoms with E-state index in [1.807, 2.05) is 20.8 Å². The Labute approximate surface area is 255 Å². The Kier molecular flexibility index (Phi) is 12.7. The van der Waals surface area contributed by atoms with Crippen molar-refractivity contribution >= 4 is 47.1 Å². The molecule has 1 heterocycles. The van der Waals surface area contributed by atoms with Crippen LogP contribution in [0.15, 0.2) is 62.7 Å². The molecule has 2 N–H and O–H groups in total. The van der Waals surface area contributed by atoms with Gasteiger partial charge in [0.2, 0.25) is 5.96 Å². The Morgan fingerprint density at radius 2 is 1.63 bits per heavy atom. The molecular formula is C31H38ClN3O8. The summed E-state index contributed by atoms with van der Waals surface area (Å²) < 4.78 is 20.4. The number of hydrogen-bond acceptors (Lipinski definition) is 9. The van der Waals surface area contributed by atoms with Crippen LogP contribution in [0.3, 0.4) is 0 Å². The molecule has 1 aromatic heterocycles. The first-order chi connectivity index (χ1) is 20.1. The van der Waals surface area contributed by atoms with Crippen LogP contribution in [0.2, 0.25) is 0 Å². The number of alkyl carbamates (subject to hydrolysis) is 1. The van der Waals surface area contributed by atoms with E-state index >= 15 is 0 Å². The maximum Gasteiger partial charge on any atom is 0.414 e. The highest BCUT2D eigenvalue weighted by atomic mass is 35.5. The normalized spacial score (nSPS) is 11.6. The van der Waals surface area contributed by atoms with Crippen molar-refractivity contribution in [3.63, 3.8) is 0 Å². The Morgan fingerprint density at radius 3 is 2.16 bits per heavy atom. The van der Waals surface area contributed by atoms with Gasteiger partial charge < -0.3 is 23.9 Å². The first-order valence-electron chi connectivity index (χ1n) is 13.4. The summed E-state index contributed by atoms with van der Waals surface area (Å²) in [5, 5.41) is 6.17. The second-order valence-electron chi connectivity index (χ2n) is 11.2. The molecule has 1 amide bonds. The van der Waals surface area contributed by atoms with Crippen molar-refractivity contribution in [1.29, 1.82) is 0 Å². The third-order valence-corrected chi connectivity index (χ3v) is 5.56. The van der Waals surface area contributed by atoms with Gasteiger partial charge in [-0.1, -0.05) is 18.2 Å². The number of ether oxygens (including phenoxy) is 3. The molecule has 11 nitrogen and oxygen atoms in total. The van der Waals surface area contributed by atoms with Gasteiger partial charge in [0.25, 0.3) is 6.47 Å². The Balaban J connectivity index is 0.000000821. The van der Waals surface area contributed by atoms with Crippen molar-refractivity contribution in [1.82, 2.24) is 10.6 Å². The molecule has 0 fully saturated rings. The van der Waals surface area contributed by atoms with E-state index in [-0.39, 0.29) is 16.9 Å². The summed E-state index contributed by atoms with van der Waals surface area (Å²) in [6.45, 7) is 11.7. The van der Waals surface area contributed by atoms with Gasteiger partial charge in [0.1, 0.15) is 28.1 Å². The minimum absolute atomic E-state index is 0.202. The van der Waals surface area contributed by atoms with E-state index < -0.39 is 23.3 Å². The summed E-state index contributed by atoms with van der Waals surface area (Å²) >= 11 is 5.86. The van der Waals surface area contributed by atoms with Crippen LogP contribution in [0.1, 0.15) is 63.0 Å². The number of benzene rings is 2. The van der Waals surface area contributed by atoms with Crippen LogP contribution in [0.5, 0.6) is 5.75 Å². The maximum absolute atomic E-state index is 12.6. The number of rotatable bonds is 7. The molecule has 0 bridgehead atoms. The number of amides is 1. The number of hydrogen-bond donors (Lipinski definition) is 2. The number of halogens is 1. The SMILES string of the molecule is CC(C)(C)OC=O.CN=C(NCCc1ccc(OC(=O)c2cc3cc(CCl)ccc3oc2=O)cc1)NC(=O)OC(C)(C)C. The molecule has 232 valence electrons. The van der Waals surface area contributed by atoms with E-state index in [1.165, 1.54) is 6.07 Å². The lowest BCUT2D eigenvalue weighted by molar-refractivity contribution is -0.138. The number of carbonyl (C=O) groups excluding carboxylic acids is 3. The molecule has 0 aliphatic rings. The van der Waals surface area contributed by atoms with Crippen LogP contribution in [0.25, 0.3) is 11.0 Å². The average molecular weight is 616 g/mol. The predicted molar refractivity (Wildman–Crippen MR) is 165 cm³/mol. The quantitative estimate of drug-likeness (QED) is 0.0683. The van der Waals surface area contributed by atoms with Gasteiger partial charge in [-0.3, -0.25) is 15.1 Å². The molecule has 43 heavy (non-hydrogen) atoms. The zero-order valence-electron chi connectivity index (χ0n) is 25.4. The molecule has 12 heteroatoms. The van der Waals surface area contributed by atoms with Gasteiger partial charge >= 0.3 is 17.7 Å². The van der Waals surface area contributed by atoms with Gasteiger partial charge in [-0.2, -0.15) is 0 Å². The highest BCUT2D eigenvalue weighted by molar-refractivity contribution is 6.17. The maximum atomic E-state index is 12.6. The van der Waals surface area contributed by atoms with Gasteiger partial charge in [-0.05, 0) is 89.4 Å². The van der Waals surface area contributed by atoms with Crippen molar-refractivity contribution < 1.29 is 33.0 Å². The Hall–Kier alpha value is -4.38. The fourth-order valence-electron chi connectivity index (χ4n) is 3.33. The second-order valence-corrected chi connectivity index (χ2v) is 11.5. The van der Waals surface area contributed by atoms with Crippen LogP contribution in [0, 0.1) is 0 Å². The van der Waals surface area contributed by atoms with Gasteiger partial charge in [-0.25, -0.2) is 14.4 Å². The predicted octanol–water partition coefficient (Wildman–Crippen LogP) is 5.35. The molecule has 0 aliphatic heterocycles. The summed E-state index contributed by atoms with van der Waals surface area (Å²) in [5.41, 5.74) is 0.242. The van der Waals surface area contributed by atoms with Crippen molar-refractivity contribution in [2.24, 2.45) is 4.99 Å². The molecule has 0 unspecified atom stereocenters. The van der Waals surface area contributed by atoms with Crippen LogP contribution < -0.4 is 21.0 Å². The van der Waals surface area contributed by atoms with E-state index in [4.69, 9.17) is 25.5 Å². The average Bonchev–Trinajstić information content (AvgIpc) is 2.91. The van der Waals surface area contributed by atoms with Gasteiger partial charge in [0, 0.05) is 24.9 Å². The monoisotopic (exact) mass is 615 g/mol. The zero-order valence-corrected chi connectivity index (χ0v) is 26.2. The number of nitrogens with one attached hydrogen (secondary N) is 2. The Bertz CT molecular complexity index is 1490. The number of nitrogens with zero attached hydrogens (tertiary/aromatic N) is 1. The molecule has 0 radical (unpaired) electrons. The van der Waals surface area contributed by atoms with Crippen molar-refractivity contribution in [2.45, 2.75) is 65.0 Å². The van der Waals surface area contributed by atoms with Crippen molar-refractivity contribution in [3.05, 3.63) is 75.6 Å². The molecule has 0 saturated heterocycles. The van der Waals surface area contributed by atoms with Crippen LogP contribution in [-0.2, 0) is 26.6 Å². The minimum atomic E-state index is -0.812. The second kappa shape index (κ2) is 15.7. The molecule has 0 saturated carbocycles. The molecule has 2 aromatic carbocycles. The van der Waals surface area contributed by atoms with Crippen LogP contribution in [0.4, 0.5) is 4.79 Å². The third kappa shape index (κ3) is 12.6. The van der Waals surface area contributed by atoms with E-state index in [9.17, 15) is 19.2 Å². The lowest BCUT2D eigenvalue weighted by Gasteiger charge is -2.20. The third-order valence-electron chi connectivity index (χ3n) is 5.26. The fourth-order valence-corrected chi connectivity index (χ4v) is 3.50. The van der Waals surface area contributed by atoms with Crippen molar-refractivity contribution in [3.8, 4) is 5.75 Å².